The number of nitrogens with one attached hydrogen (secondary N) is 2. The van der Waals surface area contributed by atoms with Gasteiger partial charge in [0.2, 0.25) is 5.84 Å². The Kier molecular flexibility index (Phi) is 1.25. The molecular weight excluding hydrogens is 138 g/mol. The summed E-state index contributed by atoms with van der Waals surface area (Å²) in [5, 5.41) is 25.4. The highest BCUT2D eigenvalue weighted by Gasteiger charge is 2.31. The fourth-order valence-electron chi connectivity index (χ4n) is 0.572. The highest BCUT2D eigenvalue weighted by Crippen LogP contribution is 1.95. The van der Waals surface area contributed by atoms with Crippen molar-refractivity contribution in [3.63, 3.8) is 0 Å². The normalized spacial score (nSPS) is 26.4. The van der Waals surface area contributed by atoms with Crippen molar-refractivity contribution in [2.75, 3.05) is 0 Å². The maximum atomic E-state index is 10.6. The van der Waals surface area contributed by atoms with E-state index in [4.69, 9.17) is 22.1 Å². The maximum Gasteiger partial charge on any atom is 0.252 e. The molecule has 10 heavy (non-hydrogen) atoms. The molecule has 1 aliphatic heterocycles. The van der Waals surface area contributed by atoms with Crippen molar-refractivity contribution < 1.29 is 10.4 Å². The summed E-state index contributed by atoms with van der Waals surface area (Å²) in [5.74, 6) is -0.755. The molecule has 0 amide bonds. The Balaban J connectivity index is 2.99. The van der Waals surface area contributed by atoms with Crippen LogP contribution in [-0.2, 0) is 0 Å². The topological polar surface area (TPSA) is 127 Å². The number of hydrogen-bond donors (Lipinski definition) is 5. The van der Waals surface area contributed by atoms with Gasteiger partial charge in [0.1, 0.15) is 0 Å². The van der Waals surface area contributed by atoms with E-state index in [9.17, 15) is 5.21 Å². The monoisotopic (exact) mass is 145 g/mol. The zero-order valence-corrected chi connectivity index (χ0v) is 4.96. The van der Waals surface area contributed by atoms with Crippen LogP contribution >= 0.6 is 0 Å². The van der Waals surface area contributed by atoms with Crippen LogP contribution < -0.4 is 16.6 Å². The van der Waals surface area contributed by atoms with Gasteiger partial charge < -0.3 is 16.7 Å². The molecule has 1 heterocycles. The quantitative estimate of drug-likeness (QED) is 0.233. The molecule has 1 aliphatic rings. The molecule has 1 unspecified atom stereocenters. The molecule has 0 saturated heterocycles. The molecule has 0 spiro atoms. The first-order chi connectivity index (χ1) is 4.55. The smallest absolute Gasteiger partial charge is 0.252 e. The molecular formula is C3H7N5O2. The minimum absolute atomic E-state index is 0.102. The van der Waals surface area contributed by atoms with Crippen molar-refractivity contribution in [1.82, 2.24) is 5.17 Å². The minimum atomic E-state index is -0.845. The van der Waals surface area contributed by atoms with Crippen molar-refractivity contribution in [2.24, 2.45) is 11.5 Å². The van der Waals surface area contributed by atoms with Crippen LogP contribution in [0.4, 0.5) is 0 Å². The Bertz CT molecular complexity index is 211. The first-order valence-corrected chi connectivity index (χ1v) is 2.43. The molecule has 0 fully saturated rings. The van der Waals surface area contributed by atoms with Gasteiger partial charge in [-0.2, -0.15) is 5.17 Å². The summed E-state index contributed by atoms with van der Waals surface area (Å²) >= 11 is 0. The lowest BCUT2D eigenvalue weighted by Crippen LogP contribution is -3.11. The fraction of sp³-hybridized carbons (Fsp3) is 0. The Morgan fingerprint density at radius 1 is 1.60 bits per heavy atom. The summed E-state index contributed by atoms with van der Waals surface area (Å²) in [6, 6.07) is 0. The van der Waals surface area contributed by atoms with E-state index in [2.05, 4.69) is 0 Å². The Labute approximate surface area is 56.1 Å². The summed E-state index contributed by atoms with van der Waals surface area (Å²) in [7, 11) is 0. The van der Waals surface area contributed by atoms with E-state index in [-0.39, 0.29) is 16.7 Å². The zero-order chi connectivity index (χ0) is 7.89. The molecule has 0 aromatic rings. The van der Waals surface area contributed by atoms with Crippen molar-refractivity contribution in [2.45, 2.75) is 0 Å². The van der Waals surface area contributed by atoms with Crippen molar-refractivity contribution in [3.8, 4) is 0 Å². The Morgan fingerprint density at radius 3 is 2.20 bits per heavy atom. The molecule has 1 rings (SSSR count). The number of hydrogen-bond acceptors (Lipinski definition) is 5. The summed E-state index contributed by atoms with van der Waals surface area (Å²) in [4.78, 5) is 0. The van der Waals surface area contributed by atoms with E-state index in [0.717, 1.165) is 0 Å². The van der Waals surface area contributed by atoms with E-state index in [1.54, 1.807) is 0 Å². The van der Waals surface area contributed by atoms with Crippen LogP contribution in [0.15, 0.2) is 11.5 Å². The SMILES string of the molecule is N=C1C(N)=C(N)[NH+]([O-])N1O. The Morgan fingerprint density at radius 2 is 2.10 bits per heavy atom. The molecule has 0 radical (unpaired) electrons. The molecule has 56 valence electrons. The molecule has 7 heteroatoms. The van der Waals surface area contributed by atoms with Gasteiger partial charge in [-0.3, -0.25) is 5.41 Å². The van der Waals surface area contributed by atoms with E-state index in [0.29, 0.717) is 0 Å². The summed E-state index contributed by atoms with van der Waals surface area (Å²) in [6.07, 6.45) is 0. The average Bonchev–Trinajstić information content (AvgIpc) is 2.07. The summed E-state index contributed by atoms with van der Waals surface area (Å²) in [6.45, 7) is 0. The third-order valence-corrected chi connectivity index (χ3v) is 1.18. The predicted molar refractivity (Wildman–Crippen MR) is 31.1 cm³/mol. The summed E-state index contributed by atoms with van der Waals surface area (Å²) in [5.41, 5.74) is 9.99. The van der Waals surface area contributed by atoms with Gasteiger partial charge in [0.15, 0.2) is 5.70 Å². The van der Waals surface area contributed by atoms with E-state index >= 15 is 0 Å². The molecule has 0 aromatic heterocycles. The van der Waals surface area contributed by atoms with E-state index in [1.807, 2.05) is 0 Å². The first-order valence-electron chi connectivity index (χ1n) is 2.43. The van der Waals surface area contributed by atoms with Crippen LogP contribution in [0.2, 0.25) is 0 Å². The molecule has 0 bridgehead atoms. The Hall–Kier alpha value is -1.31. The number of nitrogens with zero attached hydrogens (tertiary/aromatic N) is 1. The van der Waals surface area contributed by atoms with Gasteiger partial charge in [0, 0.05) is 0 Å². The number of hydroxylamine groups is 2. The lowest BCUT2D eigenvalue weighted by atomic mass is 10.4. The second-order valence-electron chi connectivity index (χ2n) is 1.79. The molecule has 0 aromatic carbocycles. The molecule has 7 N–H and O–H groups in total. The van der Waals surface area contributed by atoms with Crippen LogP contribution in [0.25, 0.3) is 0 Å². The van der Waals surface area contributed by atoms with Gasteiger partial charge >= 0.3 is 0 Å². The van der Waals surface area contributed by atoms with Gasteiger partial charge in [-0.25, -0.2) is 5.21 Å². The van der Waals surface area contributed by atoms with Gasteiger partial charge in [-0.05, 0) is 0 Å². The van der Waals surface area contributed by atoms with E-state index in [1.165, 1.54) is 0 Å². The standard InChI is InChI=1S/C3H7N5O2/c4-1-2(5)7(9)8(10)3(1)6/h5,8-9H,4,6H2. The van der Waals surface area contributed by atoms with Crippen LogP contribution in [-0.4, -0.2) is 16.2 Å². The van der Waals surface area contributed by atoms with Crippen LogP contribution in [0, 0.1) is 10.6 Å². The second kappa shape index (κ2) is 1.84. The molecule has 1 atom stereocenters. The first kappa shape index (κ1) is 6.81. The maximum absolute atomic E-state index is 10.6. The zero-order valence-electron chi connectivity index (χ0n) is 4.96. The van der Waals surface area contributed by atoms with Crippen molar-refractivity contribution >= 4 is 5.84 Å². The largest absolute Gasteiger partial charge is 0.600 e. The second-order valence-corrected chi connectivity index (χ2v) is 1.79. The van der Waals surface area contributed by atoms with Crippen LogP contribution in [0.1, 0.15) is 0 Å². The number of quaternary nitrogens is 1. The fourth-order valence-corrected chi connectivity index (χ4v) is 0.572. The number of amidine groups is 1. The van der Waals surface area contributed by atoms with Crippen LogP contribution in [0.5, 0.6) is 0 Å². The van der Waals surface area contributed by atoms with Gasteiger partial charge in [-0.1, -0.05) is 5.17 Å². The van der Waals surface area contributed by atoms with Crippen molar-refractivity contribution in [1.29, 1.82) is 5.41 Å². The summed E-state index contributed by atoms with van der Waals surface area (Å²) < 4.78 is 0. The van der Waals surface area contributed by atoms with Crippen molar-refractivity contribution in [3.05, 3.63) is 16.7 Å². The number of nitrogens with two attached hydrogens (primary N) is 2. The molecule has 0 aliphatic carbocycles. The third kappa shape index (κ3) is 0.620. The average molecular weight is 145 g/mol. The lowest BCUT2D eigenvalue weighted by molar-refractivity contribution is -0.957. The highest BCUT2D eigenvalue weighted by atomic mass is 16.7. The predicted octanol–water partition coefficient (Wildman–Crippen LogP) is -2.95. The molecule has 7 nitrogen and oxygen atoms in total. The molecule has 0 saturated carbocycles. The van der Waals surface area contributed by atoms with Gasteiger partial charge in [-0.15, -0.1) is 0 Å². The van der Waals surface area contributed by atoms with E-state index < -0.39 is 11.0 Å². The van der Waals surface area contributed by atoms with Crippen LogP contribution in [0.3, 0.4) is 0 Å². The van der Waals surface area contributed by atoms with Gasteiger partial charge in [0.05, 0.1) is 0 Å². The van der Waals surface area contributed by atoms with Gasteiger partial charge in [0.25, 0.3) is 5.82 Å². The third-order valence-electron chi connectivity index (χ3n) is 1.18. The lowest BCUT2D eigenvalue weighted by Gasteiger charge is -2.20. The minimum Gasteiger partial charge on any atom is -0.600 e. The number of rotatable bonds is 0. The highest BCUT2D eigenvalue weighted by molar-refractivity contribution is 5.94.